The minimum absolute atomic E-state index is 0.589. The number of rotatable bonds is 5. The van der Waals surface area contributed by atoms with Crippen molar-refractivity contribution in [3.63, 3.8) is 0 Å². The van der Waals surface area contributed by atoms with Gasteiger partial charge in [-0.25, -0.2) is 4.85 Å². The normalized spacial score (nSPS) is 11.3. The maximum Gasteiger partial charge on any atom is 0.187 e. The number of hydrogen-bond acceptors (Lipinski definition) is 2. The summed E-state index contributed by atoms with van der Waals surface area (Å²) in [4.78, 5) is 3.65. The van der Waals surface area contributed by atoms with Crippen LogP contribution in [0.2, 0.25) is 19.6 Å². The first-order chi connectivity index (χ1) is 17.0. The summed E-state index contributed by atoms with van der Waals surface area (Å²) in [6.07, 6.45) is 0. The molecule has 170 valence electrons. The quantitative estimate of drug-likeness (QED) is 0.199. The van der Waals surface area contributed by atoms with Gasteiger partial charge in [-0.2, -0.15) is 0 Å². The van der Waals surface area contributed by atoms with Crippen molar-refractivity contribution in [2.24, 2.45) is 0 Å². The van der Waals surface area contributed by atoms with E-state index in [1.165, 1.54) is 0 Å². The highest BCUT2D eigenvalue weighted by molar-refractivity contribution is 6.87. The van der Waals surface area contributed by atoms with Gasteiger partial charge in [0.2, 0.25) is 0 Å². The van der Waals surface area contributed by atoms with Gasteiger partial charge in [0.15, 0.2) is 11.5 Å². The summed E-state index contributed by atoms with van der Waals surface area (Å²) < 4.78 is 2.25. The van der Waals surface area contributed by atoms with Crippen LogP contribution >= 0.6 is 0 Å². The van der Waals surface area contributed by atoms with Crippen LogP contribution in [0.5, 0.6) is 0 Å². The molecule has 0 amide bonds. The van der Waals surface area contributed by atoms with Gasteiger partial charge in [0.05, 0.1) is 12.3 Å². The lowest BCUT2D eigenvalue weighted by Crippen LogP contribution is -2.44. The predicted molar refractivity (Wildman–Crippen MR) is 147 cm³/mol. The Morgan fingerprint density at radius 2 is 1.20 bits per heavy atom. The summed E-state index contributed by atoms with van der Waals surface area (Å²) in [6, 6.07) is 35.0. The molecule has 0 saturated heterocycles. The third-order valence-electron chi connectivity index (χ3n) is 6.00. The van der Waals surface area contributed by atoms with Gasteiger partial charge >= 0.3 is 0 Å². The summed E-state index contributed by atoms with van der Waals surface area (Å²) in [5.74, 6) is 0.758. The van der Waals surface area contributed by atoms with Crippen LogP contribution in [0.25, 0.3) is 44.2 Å². The summed E-state index contributed by atoms with van der Waals surface area (Å²) in [6.45, 7) is 14.4. The van der Waals surface area contributed by atoms with Gasteiger partial charge in [-0.3, -0.25) is 4.57 Å². The van der Waals surface area contributed by atoms with Crippen LogP contribution in [-0.2, 0) is 0 Å². The van der Waals surface area contributed by atoms with Crippen LogP contribution in [0.1, 0.15) is 0 Å². The Balaban J connectivity index is 1.91. The van der Waals surface area contributed by atoms with Crippen LogP contribution in [0.4, 0.5) is 5.69 Å². The molecule has 0 aliphatic rings. The van der Waals surface area contributed by atoms with Crippen molar-refractivity contribution in [3.05, 3.63) is 115 Å². The average molecular weight is 471 g/mol. The van der Waals surface area contributed by atoms with Crippen molar-refractivity contribution >= 4 is 19.2 Å². The number of benzene rings is 4. The van der Waals surface area contributed by atoms with Gasteiger partial charge in [0.25, 0.3) is 0 Å². The molecule has 0 saturated carbocycles. The van der Waals surface area contributed by atoms with Crippen molar-refractivity contribution in [2.75, 3.05) is 0 Å². The first-order valence-electron chi connectivity index (χ1n) is 11.7. The maximum atomic E-state index is 7.51. The molecular formula is C30H26N4Si. The van der Waals surface area contributed by atoms with Gasteiger partial charge < -0.3 is 0 Å². The van der Waals surface area contributed by atoms with Crippen LogP contribution in [0, 0.1) is 6.57 Å². The monoisotopic (exact) mass is 470 g/mol. The molecule has 0 fully saturated rings. The summed E-state index contributed by atoms with van der Waals surface area (Å²) >= 11 is 0. The molecule has 0 spiro atoms. The van der Waals surface area contributed by atoms with Gasteiger partial charge in [-0.05, 0) is 17.2 Å². The Bertz CT molecular complexity index is 1470. The molecule has 1 aromatic heterocycles. The summed E-state index contributed by atoms with van der Waals surface area (Å²) in [5, 5.41) is 9.48. The zero-order chi connectivity index (χ0) is 24.4. The minimum atomic E-state index is -1.91. The maximum absolute atomic E-state index is 7.51. The third kappa shape index (κ3) is 4.32. The molecule has 0 aliphatic carbocycles. The zero-order valence-electron chi connectivity index (χ0n) is 20.1. The fraction of sp³-hybridized carbons (Fsp3) is 0.100. The number of aromatic nitrogens is 3. The average Bonchev–Trinajstić information content (AvgIpc) is 3.35. The lowest BCUT2D eigenvalue weighted by atomic mass is 9.95. The zero-order valence-corrected chi connectivity index (χ0v) is 21.1. The SMILES string of the molecule is [C-]#[N+]c1cccc(-c2nnc([Si](C)(C)C)n2-c2c(-c3ccccc3)cccc2-c2ccccc2)c1. The molecule has 35 heavy (non-hydrogen) atoms. The second-order valence-electron chi connectivity index (χ2n) is 9.53. The summed E-state index contributed by atoms with van der Waals surface area (Å²) in [7, 11) is -1.91. The second-order valence-corrected chi connectivity index (χ2v) is 14.5. The van der Waals surface area contributed by atoms with Crippen LogP contribution in [0.15, 0.2) is 103 Å². The Morgan fingerprint density at radius 1 is 0.657 bits per heavy atom. The van der Waals surface area contributed by atoms with Crippen molar-refractivity contribution in [2.45, 2.75) is 19.6 Å². The largest absolute Gasteiger partial charge is 0.282 e. The van der Waals surface area contributed by atoms with E-state index in [0.717, 1.165) is 44.8 Å². The highest BCUT2D eigenvalue weighted by atomic mass is 28.3. The molecule has 4 aromatic carbocycles. The fourth-order valence-electron chi connectivity index (χ4n) is 4.37. The van der Waals surface area contributed by atoms with Crippen molar-refractivity contribution in [3.8, 4) is 39.3 Å². The predicted octanol–water partition coefficient (Wildman–Crippen LogP) is 7.36. The van der Waals surface area contributed by atoms with E-state index in [1.54, 1.807) is 0 Å². The summed E-state index contributed by atoms with van der Waals surface area (Å²) in [5.41, 5.74) is 8.05. The van der Waals surface area contributed by atoms with E-state index in [0.29, 0.717) is 5.69 Å². The molecule has 0 N–H and O–H groups in total. The topological polar surface area (TPSA) is 35.1 Å². The van der Waals surface area contributed by atoms with Gasteiger partial charge in [0.1, 0.15) is 13.5 Å². The van der Waals surface area contributed by atoms with E-state index in [2.05, 4.69) is 95.8 Å². The first-order valence-corrected chi connectivity index (χ1v) is 15.2. The van der Waals surface area contributed by atoms with E-state index < -0.39 is 8.07 Å². The van der Waals surface area contributed by atoms with E-state index in [-0.39, 0.29) is 0 Å². The molecule has 5 aromatic rings. The van der Waals surface area contributed by atoms with Crippen LogP contribution in [-0.4, -0.2) is 22.8 Å². The first kappa shape index (κ1) is 22.5. The molecule has 0 unspecified atom stereocenters. The molecular weight excluding hydrogens is 444 g/mol. The Labute approximate surface area is 207 Å². The van der Waals surface area contributed by atoms with Gasteiger partial charge in [-0.1, -0.05) is 117 Å². The molecule has 4 nitrogen and oxygen atoms in total. The van der Waals surface area contributed by atoms with E-state index in [1.807, 2.05) is 36.4 Å². The standard InChI is InChI=1S/C30H26N4Si/c1-31-25-18-11-17-24(21-25)29-32-33-30(35(2,3)4)34(29)28-26(22-13-7-5-8-14-22)19-12-20-27(28)23-15-9-6-10-16-23/h5-21H,2-4H3. The molecule has 5 heteroatoms. The molecule has 5 rings (SSSR count). The van der Waals surface area contributed by atoms with E-state index in [4.69, 9.17) is 16.8 Å². The van der Waals surface area contributed by atoms with Crippen molar-refractivity contribution in [1.82, 2.24) is 14.8 Å². The lowest BCUT2D eigenvalue weighted by Gasteiger charge is -2.23. The van der Waals surface area contributed by atoms with Crippen molar-refractivity contribution < 1.29 is 0 Å². The Morgan fingerprint density at radius 3 is 1.74 bits per heavy atom. The second kappa shape index (κ2) is 9.17. The van der Waals surface area contributed by atoms with Gasteiger partial charge in [0, 0.05) is 16.7 Å². The molecule has 0 atom stereocenters. The van der Waals surface area contributed by atoms with E-state index >= 15 is 0 Å². The Kier molecular flexibility index (Phi) is 5.90. The fourth-order valence-corrected chi connectivity index (χ4v) is 5.61. The Hall–Kier alpha value is -4.27. The smallest absolute Gasteiger partial charge is 0.187 e. The van der Waals surface area contributed by atoms with Crippen LogP contribution < -0.4 is 5.45 Å². The van der Waals surface area contributed by atoms with Crippen LogP contribution in [0.3, 0.4) is 0 Å². The molecule has 0 aliphatic heterocycles. The molecule has 1 heterocycles. The number of hydrogen-bond donors (Lipinski definition) is 0. The molecule has 0 bridgehead atoms. The number of nitrogens with zero attached hydrogens (tertiary/aromatic N) is 4. The van der Waals surface area contributed by atoms with Crippen molar-refractivity contribution in [1.29, 1.82) is 0 Å². The molecule has 0 radical (unpaired) electrons. The number of para-hydroxylation sites is 1. The third-order valence-corrected chi connectivity index (χ3v) is 7.66. The minimum Gasteiger partial charge on any atom is -0.282 e. The van der Waals surface area contributed by atoms with Gasteiger partial charge in [-0.15, -0.1) is 10.2 Å². The van der Waals surface area contributed by atoms with E-state index in [9.17, 15) is 0 Å². The highest BCUT2D eigenvalue weighted by Crippen LogP contribution is 2.37. The highest BCUT2D eigenvalue weighted by Gasteiger charge is 2.30. The lowest BCUT2D eigenvalue weighted by molar-refractivity contribution is 1.09.